The van der Waals surface area contributed by atoms with Crippen molar-refractivity contribution >= 4 is 38.4 Å². The molecular formula is C23H21F3N4O4S. The summed E-state index contributed by atoms with van der Waals surface area (Å²) in [7, 11) is -3.92. The molecular weight excluding hydrogens is 485 g/mol. The van der Waals surface area contributed by atoms with Crippen LogP contribution in [0.2, 0.25) is 0 Å². The second kappa shape index (κ2) is 9.27. The largest absolute Gasteiger partial charge is 0.416 e. The fourth-order valence-corrected chi connectivity index (χ4v) is 5.28. The maximum absolute atomic E-state index is 13.2. The lowest BCUT2D eigenvalue weighted by Gasteiger charge is -2.33. The monoisotopic (exact) mass is 506 g/mol. The number of piperazine rings is 1. The van der Waals surface area contributed by atoms with Crippen LogP contribution in [-0.4, -0.2) is 60.6 Å². The highest BCUT2D eigenvalue weighted by atomic mass is 32.2. The number of hydrogen-bond acceptors (Lipinski definition) is 5. The number of carbonyl (C=O) groups excluding carboxylic acids is 2. The van der Waals surface area contributed by atoms with Crippen molar-refractivity contribution in [2.24, 2.45) is 0 Å². The van der Waals surface area contributed by atoms with Gasteiger partial charge in [-0.15, -0.1) is 0 Å². The van der Waals surface area contributed by atoms with Gasteiger partial charge >= 0.3 is 6.18 Å². The Balaban J connectivity index is 1.58. The number of pyridine rings is 1. The number of halogens is 3. The van der Waals surface area contributed by atoms with Gasteiger partial charge < -0.3 is 10.2 Å². The lowest BCUT2D eigenvalue weighted by atomic mass is 10.1. The summed E-state index contributed by atoms with van der Waals surface area (Å²) in [6.07, 6.45) is -3.21. The zero-order valence-electron chi connectivity index (χ0n) is 18.5. The third kappa shape index (κ3) is 5.13. The number of carbonyl (C=O) groups is 2. The number of hydrogen-bond donors (Lipinski definition) is 1. The summed E-state index contributed by atoms with van der Waals surface area (Å²) < 4.78 is 66.9. The van der Waals surface area contributed by atoms with Crippen LogP contribution >= 0.6 is 0 Å². The molecule has 3 aromatic rings. The van der Waals surface area contributed by atoms with E-state index in [4.69, 9.17) is 0 Å². The van der Waals surface area contributed by atoms with Crippen LogP contribution in [0, 0.1) is 0 Å². The summed E-state index contributed by atoms with van der Waals surface area (Å²) in [6, 6.07) is 9.80. The molecule has 0 bridgehead atoms. The second-order valence-electron chi connectivity index (χ2n) is 7.98. The third-order valence-electron chi connectivity index (χ3n) is 5.74. The molecule has 184 valence electrons. The van der Waals surface area contributed by atoms with Crippen molar-refractivity contribution in [3.05, 3.63) is 65.9 Å². The topological polar surface area (TPSA) is 99.7 Å². The van der Waals surface area contributed by atoms with E-state index in [9.17, 15) is 31.2 Å². The van der Waals surface area contributed by atoms with Gasteiger partial charge in [-0.3, -0.25) is 14.6 Å². The van der Waals surface area contributed by atoms with E-state index in [1.165, 1.54) is 53.8 Å². The number of amides is 2. The first-order valence-corrected chi connectivity index (χ1v) is 12.0. The van der Waals surface area contributed by atoms with Crippen LogP contribution in [-0.2, 0) is 21.0 Å². The van der Waals surface area contributed by atoms with Gasteiger partial charge in [0.2, 0.25) is 15.9 Å². The minimum Gasteiger partial charge on any atom is -0.340 e. The number of nitrogens with zero attached hydrogens (tertiary/aromatic N) is 3. The minimum absolute atomic E-state index is 0.0189. The van der Waals surface area contributed by atoms with Gasteiger partial charge in [-0.2, -0.15) is 17.5 Å². The molecule has 8 nitrogen and oxygen atoms in total. The minimum atomic E-state index is -4.57. The van der Waals surface area contributed by atoms with Crippen LogP contribution in [0.3, 0.4) is 0 Å². The van der Waals surface area contributed by atoms with Crippen molar-refractivity contribution < 1.29 is 31.2 Å². The Hall–Kier alpha value is -3.51. The second-order valence-corrected chi connectivity index (χ2v) is 9.92. The molecule has 1 aliphatic heterocycles. The van der Waals surface area contributed by atoms with Gasteiger partial charge in [0.05, 0.1) is 21.7 Å². The van der Waals surface area contributed by atoms with Crippen LogP contribution in [0.15, 0.2) is 59.6 Å². The molecule has 12 heteroatoms. The third-order valence-corrected chi connectivity index (χ3v) is 7.63. The van der Waals surface area contributed by atoms with E-state index < -0.39 is 27.7 Å². The van der Waals surface area contributed by atoms with E-state index in [0.717, 1.165) is 12.1 Å². The Morgan fingerprint density at radius 1 is 1.00 bits per heavy atom. The van der Waals surface area contributed by atoms with Crippen LogP contribution in [0.25, 0.3) is 10.9 Å². The smallest absolute Gasteiger partial charge is 0.340 e. The number of sulfonamides is 1. The van der Waals surface area contributed by atoms with E-state index in [1.54, 1.807) is 4.90 Å². The predicted molar refractivity (Wildman–Crippen MR) is 122 cm³/mol. The average molecular weight is 507 g/mol. The number of rotatable bonds is 4. The van der Waals surface area contributed by atoms with Gasteiger partial charge in [0, 0.05) is 50.2 Å². The highest BCUT2D eigenvalue weighted by molar-refractivity contribution is 7.89. The summed E-state index contributed by atoms with van der Waals surface area (Å²) in [4.78, 5) is 29.9. The summed E-state index contributed by atoms with van der Waals surface area (Å²) in [5.41, 5.74) is -0.492. The number of fused-ring (bicyclic) bond motifs is 1. The quantitative estimate of drug-likeness (QED) is 0.585. The maximum Gasteiger partial charge on any atom is 0.416 e. The van der Waals surface area contributed by atoms with Gasteiger partial charge in [0.1, 0.15) is 0 Å². The van der Waals surface area contributed by atoms with E-state index >= 15 is 0 Å². The fourth-order valence-electron chi connectivity index (χ4n) is 3.82. The zero-order valence-corrected chi connectivity index (χ0v) is 19.4. The lowest BCUT2D eigenvalue weighted by Crippen LogP contribution is -2.49. The molecule has 1 N–H and O–H groups in total. The Morgan fingerprint density at radius 3 is 2.37 bits per heavy atom. The molecule has 1 saturated heterocycles. The van der Waals surface area contributed by atoms with E-state index in [2.05, 4.69) is 10.3 Å². The number of benzene rings is 2. The average Bonchev–Trinajstić information content (AvgIpc) is 2.83. The number of aromatic nitrogens is 1. The van der Waals surface area contributed by atoms with Crippen molar-refractivity contribution in [2.45, 2.75) is 18.0 Å². The summed E-state index contributed by atoms with van der Waals surface area (Å²) in [5, 5.41) is 2.66. The number of anilines is 1. The molecule has 0 radical (unpaired) electrons. The van der Waals surface area contributed by atoms with Crippen molar-refractivity contribution in [1.29, 1.82) is 0 Å². The van der Waals surface area contributed by atoms with Gasteiger partial charge in [0.25, 0.3) is 5.91 Å². The summed E-state index contributed by atoms with van der Waals surface area (Å²) in [5.74, 6) is -0.819. The Kier molecular flexibility index (Phi) is 6.52. The molecule has 2 aromatic carbocycles. The van der Waals surface area contributed by atoms with Crippen molar-refractivity contribution in [1.82, 2.24) is 14.2 Å². The Labute approximate surface area is 199 Å². The standard InChI is InChI=1S/C23H21F3N4O4S/c1-15(31)29-9-11-30(12-10-29)35(33,34)18-4-2-3-16(13-18)22(32)28-21-7-8-27-20-6-5-17(14-19(20)21)23(24,25)26/h2-8,13-14H,9-12H2,1H3,(H,27,28,32). The highest BCUT2D eigenvalue weighted by Gasteiger charge is 2.31. The highest BCUT2D eigenvalue weighted by Crippen LogP contribution is 2.33. The lowest BCUT2D eigenvalue weighted by molar-refractivity contribution is -0.137. The first kappa shape index (κ1) is 24.6. The summed E-state index contributed by atoms with van der Waals surface area (Å²) >= 11 is 0. The fraction of sp³-hybridized carbons (Fsp3) is 0.261. The zero-order chi connectivity index (χ0) is 25.4. The van der Waals surface area contributed by atoms with Crippen molar-refractivity contribution in [3.8, 4) is 0 Å². The molecule has 1 aromatic heterocycles. The molecule has 0 aliphatic carbocycles. The number of nitrogens with one attached hydrogen (secondary N) is 1. The van der Waals surface area contributed by atoms with Crippen LogP contribution in [0.4, 0.5) is 18.9 Å². The molecule has 1 fully saturated rings. The summed E-state index contributed by atoms with van der Waals surface area (Å²) in [6.45, 7) is 2.21. The van der Waals surface area contributed by atoms with Crippen LogP contribution in [0.1, 0.15) is 22.8 Å². The van der Waals surface area contributed by atoms with E-state index in [1.807, 2.05) is 0 Å². The van der Waals surface area contributed by atoms with Gasteiger partial charge in [-0.05, 0) is 42.5 Å². The Morgan fingerprint density at radius 2 is 1.71 bits per heavy atom. The molecule has 2 amide bonds. The van der Waals surface area contributed by atoms with Crippen LogP contribution < -0.4 is 5.32 Å². The molecule has 0 unspecified atom stereocenters. The first-order valence-electron chi connectivity index (χ1n) is 10.6. The van der Waals surface area contributed by atoms with Crippen molar-refractivity contribution in [2.75, 3.05) is 31.5 Å². The van der Waals surface area contributed by atoms with Crippen molar-refractivity contribution in [3.63, 3.8) is 0 Å². The predicted octanol–water partition coefficient (Wildman–Crippen LogP) is 3.36. The maximum atomic E-state index is 13.2. The van der Waals surface area contributed by atoms with Gasteiger partial charge in [-0.25, -0.2) is 8.42 Å². The molecule has 1 aliphatic rings. The molecule has 35 heavy (non-hydrogen) atoms. The van der Waals surface area contributed by atoms with E-state index in [0.29, 0.717) is 0 Å². The van der Waals surface area contributed by atoms with Gasteiger partial charge in [-0.1, -0.05) is 6.07 Å². The first-order chi connectivity index (χ1) is 16.5. The number of alkyl halides is 3. The molecule has 4 rings (SSSR count). The van der Waals surface area contributed by atoms with Gasteiger partial charge in [0.15, 0.2) is 0 Å². The van der Waals surface area contributed by atoms with E-state index in [-0.39, 0.29) is 59.1 Å². The molecule has 0 spiro atoms. The molecule has 0 atom stereocenters. The normalized spacial score (nSPS) is 15.3. The molecule has 2 heterocycles. The Bertz CT molecular complexity index is 1400. The van der Waals surface area contributed by atoms with Crippen LogP contribution in [0.5, 0.6) is 0 Å². The SMILES string of the molecule is CC(=O)N1CCN(S(=O)(=O)c2cccc(C(=O)Nc3ccnc4ccc(C(F)(F)F)cc34)c2)CC1. The molecule has 0 saturated carbocycles.